The molecule has 0 unspecified atom stereocenters. The van der Waals surface area contributed by atoms with Crippen LogP contribution in [0.5, 0.6) is 0 Å². The molecule has 0 aliphatic carbocycles. The number of rotatable bonds is 4. The smallest absolute Gasteiger partial charge is 0.407 e. The van der Waals surface area contributed by atoms with Crippen molar-refractivity contribution < 1.29 is 28.6 Å². The van der Waals surface area contributed by atoms with E-state index in [9.17, 15) is 18.8 Å². The topological polar surface area (TPSA) is 83.9 Å². The number of carbonyl (C=O) groups is 3. The van der Waals surface area contributed by atoms with Crippen molar-refractivity contribution in [1.82, 2.24) is 4.90 Å². The number of esters is 1. The molecule has 1 aliphatic heterocycles. The van der Waals surface area contributed by atoms with E-state index >= 15 is 0 Å². The summed E-state index contributed by atoms with van der Waals surface area (Å²) in [6.07, 6.45) is -2.15. The van der Waals surface area contributed by atoms with Crippen molar-refractivity contribution in [2.75, 3.05) is 19.7 Å². The SMILES string of the molecule is CCOC(=O)CC(=O)C1(F)CCN(C(=O)O)CC1. The predicted molar refractivity (Wildman–Crippen MR) is 58.9 cm³/mol. The molecule has 0 aromatic heterocycles. The molecule has 0 aromatic rings. The van der Waals surface area contributed by atoms with Crippen LogP contribution in [-0.4, -0.2) is 53.2 Å². The zero-order chi connectivity index (χ0) is 13.8. The molecule has 0 bridgehead atoms. The van der Waals surface area contributed by atoms with E-state index in [0.717, 1.165) is 4.90 Å². The molecule has 7 heteroatoms. The second kappa shape index (κ2) is 5.79. The van der Waals surface area contributed by atoms with E-state index in [1.54, 1.807) is 6.92 Å². The predicted octanol–water partition coefficient (Wildman–Crippen LogP) is 0.991. The summed E-state index contributed by atoms with van der Waals surface area (Å²) in [7, 11) is 0. The number of ether oxygens (including phenoxy) is 1. The number of alkyl halides is 1. The van der Waals surface area contributed by atoms with E-state index in [0.29, 0.717) is 0 Å². The summed E-state index contributed by atoms with van der Waals surface area (Å²) in [6, 6.07) is 0. The van der Waals surface area contributed by atoms with E-state index in [1.165, 1.54) is 0 Å². The molecular weight excluding hydrogens is 245 g/mol. The summed E-state index contributed by atoms with van der Waals surface area (Å²) in [5, 5.41) is 8.71. The van der Waals surface area contributed by atoms with Gasteiger partial charge < -0.3 is 14.7 Å². The quantitative estimate of drug-likeness (QED) is 0.602. The Kier molecular flexibility index (Phi) is 4.63. The highest BCUT2D eigenvalue weighted by Crippen LogP contribution is 2.28. The highest BCUT2D eigenvalue weighted by atomic mass is 19.1. The largest absolute Gasteiger partial charge is 0.466 e. The minimum absolute atomic E-state index is 0.0413. The maximum Gasteiger partial charge on any atom is 0.407 e. The zero-order valence-corrected chi connectivity index (χ0v) is 10.1. The number of ketones is 1. The minimum atomic E-state index is -2.11. The van der Waals surface area contributed by atoms with Gasteiger partial charge in [-0.3, -0.25) is 9.59 Å². The number of hydrogen-bond donors (Lipinski definition) is 1. The van der Waals surface area contributed by atoms with Gasteiger partial charge in [0.2, 0.25) is 0 Å². The molecule has 1 rings (SSSR count). The number of Topliss-reactive ketones (excluding diaryl/α,β-unsaturated/α-hetero) is 1. The number of likely N-dealkylation sites (tertiary alicyclic amines) is 1. The number of piperidine rings is 1. The number of carboxylic acid groups (broad SMARTS) is 1. The van der Waals surface area contributed by atoms with E-state index in [2.05, 4.69) is 4.74 Å². The van der Waals surface area contributed by atoms with Gasteiger partial charge in [0, 0.05) is 25.9 Å². The van der Waals surface area contributed by atoms with Crippen molar-refractivity contribution in [2.24, 2.45) is 0 Å². The van der Waals surface area contributed by atoms with Crippen molar-refractivity contribution in [3.63, 3.8) is 0 Å². The molecule has 1 amide bonds. The summed E-state index contributed by atoms with van der Waals surface area (Å²) >= 11 is 0. The van der Waals surface area contributed by atoms with E-state index < -0.39 is 29.9 Å². The van der Waals surface area contributed by atoms with Crippen molar-refractivity contribution in [1.29, 1.82) is 0 Å². The Hall–Kier alpha value is -1.66. The van der Waals surface area contributed by atoms with Crippen LogP contribution in [0.3, 0.4) is 0 Å². The molecule has 1 fully saturated rings. The van der Waals surface area contributed by atoms with Gasteiger partial charge in [-0.2, -0.15) is 0 Å². The molecule has 0 atom stereocenters. The van der Waals surface area contributed by atoms with Crippen LogP contribution in [0.25, 0.3) is 0 Å². The third-order valence-corrected chi connectivity index (χ3v) is 2.94. The Morgan fingerprint density at radius 2 is 1.89 bits per heavy atom. The van der Waals surface area contributed by atoms with Crippen molar-refractivity contribution >= 4 is 17.8 Å². The molecule has 102 valence electrons. The lowest BCUT2D eigenvalue weighted by Crippen LogP contribution is -2.48. The average Bonchev–Trinajstić information content (AvgIpc) is 2.29. The van der Waals surface area contributed by atoms with Crippen molar-refractivity contribution in [3.05, 3.63) is 0 Å². The van der Waals surface area contributed by atoms with E-state index in [-0.39, 0.29) is 32.5 Å². The van der Waals surface area contributed by atoms with Crippen LogP contribution in [-0.2, 0) is 14.3 Å². The highest BCUT2D eigenvalue weighted by Gasteiger charge is 2.43. The van der Waals surface area contributed by atoms with Crippen LogP contribution >= 0.6 is 0 Å². The first-order chi connectivity index (χ1) is 8.39. The van der Waals surface area contributed by atoms with Gasteiger partial charge in [0.15, 0.2) is 11.5 Å². The number of carbonyl (C=O) groups excluding carboxylic acids is 2. The number of hydrogen-bond acceptors (Lipinski definition) is 4. The van der Waals surface area contributed by atoms with Crippen LogP contribution in [0.15, 0.2) is 0 Å². The molecule has 1 heterocycles. The molecule has 0 saturated carbocycles. The first-order valence-electron chi connectivity index (χ1n) is 5.75. The molecule has 1 saturated heterocycles. The van der Waals surface area contributed by atoms with Crippen LogP contribution in [0.2, 0.25) is 0 Å². The fourth-order valence-electron chi connectivity index (χ4n) is 1.83. The second-order valence-electron chi connectivity index (χ2n) is 4.14. The number of nitrogens with zero attached hydrogens (tertiary/aromatic N) is 1. The van der Waals surface area contributed by atoms with Gasteiger partial charge in [-0.25, -0.2) is 9.18 Å². The van der Waals surface area contributed by atoms with Gasteiger partial charge in [0.25, 0.3) is 0 Å². The van der Waals surface area contributed by atoms with Gasteiger partial charge in [-0.05, 0) is 6.92 Å². The van der Waals surface area contributed by atoms with Crippen LogP contribution in [0, 0.1) is 0 Å². The van der Waals surface area contributed by atoms with Crippen LogP contribution in [0.4, 0.5) is 9.18 Å². The summed E-state index contributed by atoms with van der Waals surface area (Å²) in [5.41, 5.74) is -2.11. The Balaban J connectivity index is 2.53. The fourth-order valence-corrected chi connectivity index (χ4v) is 1.83. The fraction of sp³-hybridized carbons (Fsp3) is 0.727. The normalized spacial score (nSPS) is 18.2. The van der Waals surface area contributed by atoms with Crippen LogP contribution in [0.1, 0.15) is 26.2 Å². The van der Waals surface area contributed by atoms with Gasteiger partial charge in [-0.1, -0.05) is 0 Å². The third-order valence-electron chi connectivity index (χ3n) is 2.94. The Labute approximate surface area is 104 Å². The first kappa shape index (κ1) is 14.4. The van der Waals surface area contributed by atoms with Gasteiger partial charge in [0.1, 0.15) is 6.42 Å². The molecule has 6 nitrogen and oxygen atoms in total. The van der Waals surface area contributed by atoms with Gasteiger partial charge >= 0.3 is 12.1 Å². The number of amides is 1. The third kappa shape index (κ3) is 3.41. The molecular formula is C11H16FNO5. The maximum absolute atomic E-state index is 14.2. The molecule has 1 N–H and O–H groups in total. The van der Waals surface area contributed by atoms with Crippen molar-refractivity contribution in [2.45, 2.75) is 31.9 Å². The zero-order valence-electron chi connectivity index (χ0n) is 10.1. The minimum Gasteiger partial charge on any atom is -0.466 e. The summed E-state index contributed by atoms with van der Waals surface area (Å²) < 4.78 is 18.8. The Morgan fingerprint density at radius 3 is 2.33 bits per heavy atom. The maximum atomic E-state index is 14.2. The monoisotopic (exact) mass is 261 g/mol. The van der Waals surface area contributed by atoms with Crippen molar-refractivity contribution in [3.8, 4) is 0 Å². The summed E-state index contributed by atoms with van der Waals surface area (Å²) in [5.74, 6) is -1.58. The van der Waals surface area contributed by atoms with Crippen LogP contribution < -0.4 is 0 Å². The van der Waals surface area contributed by atoms with Gasteiger partial charge in [0.05, 0.1) is 6.61 Å². The summed E-state index contributed by atoms with van der Waals surface area (Å²) in [4.78, 5) is 34.4. The standard InChI is InChI=1S/C11H16FNO5/c1-2-18-9(15)7-8(14)11(12)3-5-13(6-4-11)10(16)17/h2-7H2,1H3,(H,16,17). The lowest BCUT2D eigenvalue weighted by molar-refractivity contribution is -0.149. The van der Waals surface area contributed by atoms with E-state index in [1.807, 2.05) is 0 Å². The Bertz CT molecular complexity index is 349. The molecule has 0 spiro atoms. The molecule has 1 aliphatic rings. The van der Waals surface area contributed by atoms with Gasteiger partial charge in [-0.15, -0.1) is 0 Å². The summed E-state index contributed by atoms with van der Waals surface area (Å²) in [6.45, 7) is 1.65. The molecule has 18 heavy (non-hydrogen) atoms. The van der Waals surface area contributed by atoms with E-state index in [4.69, 9.17) is 5.11 Å². The first-order valence-corrected chi connectivity index (χ1v) is 5.75. The molecule has 0 aromatic carbocycles. The lowest BCUT2D eigenvalue weighted by atomic mass is 9.88. The Morgan fingerprint density at radius 1 is 1.33 bits per heavy atom. The lowest BCUT2D eigenvalue weighted by Gasteiger charge is -2.33. The highest BCUT2D eigenvalue weighted by molar-refractivity contribution is 6.00. The second-order valence-corrected chi connectivity index (χ2v) is 4.14. The molecule has 0 radical (unpaired) electrons. The number of halogens is 1. The average molecular weight is 261 g/mol.